The molecule has 1 aromatic rings. The van der Waals surface area contributed by atoms with Crippen LogP contribution in [0.5, 0.6) is 0 Å². The smallest absolute Gasteiger partial charge is 0.272 e. The molecule has 15 heavy (non-hydrogen) atoms. The molecule has 1 aromatic heterocycles. The Labute approximate surface area is 88.8 Å². The van der Waals surface area contributed by atoms with Crippen LogP contribution in [-0.4, -0.2) is 34.3 Å². The van der Waals surface area contributed by atoms with Crippen molar-refractivity contribution in [3.63, 3.8) is 0 Å². The standard InChI is InChI=1S/C10H16N4O/c1-10(4-5-11-7-10)12-9(15)8-3-6-14(2)13-8/h3,6,11H,4-5,7H2,1-2H3,(H,12,15). The molecule has 0 saturated carbocycles. The number of carbonyl (C=O) groups excluding carboxylic acids is 1. The highest BCUT2D eigenvalue weighted by molar-refractivity contribution is 5.92. The molecule has 0 aromatic carbocycles. The average Bonchev–Trinajstić information content (AvgIpc) is 2.75. The predicted octanol–water partition coefficient (Wildman–Crippen LogP) is -0.0981. The van der Waals surface area contributed by atoms with Crippen LogP contribution in [0.1, 0.15) is 23.8 Å². The van der Waals surface area contributed by atoms with Crippen LogP contribution in [0.3, 0.4) is 0 Å². The van der Waals surface area contributed by atoms with E-state index < -0.39 is 0 Å². The third kappa shape index (κ3) is 2.18. The molecule has 2 rings (SSSR count). The van der Waals surface area contributed by atoms with E-state index in [9.17, 15) is 4.79 Å². The second kappa shape index (κ2) is 3.66. The van der Waals surface area contributed by atoms with Crippen LogP contribution in [0, 0.1) is 0 Å². The summed E-state index contributed by atoms with van der Waals surface area (Å²) < 4.78 is 1.63. The zero-order valence-electron chi connectivity index (χ0n) is 9.08. The quantitative estimate of drug-likeness (QED) is 0.713. The largest absolute Gasteiger partial charge is 0.344 e. The van der Waals surface area contributed by atoms with Crippen molar-refractivity contribution in [2.24, 2.45) is 7.05 Å². The van der Waals surface area contributed by atoms with Crippen molar-refractivity contribution in [3.05, 3.63) is 18.0 Å². The van der Waals surface area contributed by atoms with E-state index >= 15 is 0 Å². The van der Waals surface area contributed by atoms with Gasteiger partial charge in [-0.15, -0.1) is 0 Å². The van der Waals surface area contributed by atoms with Gasteiger partial charge in [-0.3, -0.25) is 9.48 Å². The van der Waals surface area contributed by atoms with Gasteiger partial charge in [0.25, 0.3) is 5.91 Å². The van der Waals surface area contributed by atoms with Gasteiger partial charge >= 0.3 is 0 Å². The number of nitrogens with zero attached hydrogens (tertiary/aromatic N) is 2. The van der Waals surface area contributed by atoms with Crippen molar-refractivity contribution in [2.75, 3.05) is 13.1 Å². The SMILES string of the molecule is Cn1ccc(C(=O)NC2(C)CCNC2)n1. The minimum Gasteiger partial charge on any atom is -0.344 e. The van der Waals surface area contributed by atoms with E-state index in [1.54, 1.807) is 24.0 Å². The van der Waals surface area contributed by atoms with Crippen LogP contribution in [-0.2, 0) is 7.05 Å². The lowest BCUT2D eigenvalue weighted by Crippen LogP contribution is -2.47. The molecule has 1 atom stereocenters. The van der Waals surface area contributed by atoms with Gasteiger partial charge in [0.2, 0.25) is 0 Å². The minimum atomic E-state index is -0.130. The zero-order chi connectivity index (χ0) is 10.9. The van der Waals surface area contributed by atoms with Crippen LogP contribution in [0.4, 0.5) is 0 Å². The number of carbonyl (C=O) groups is 1. The fourth-order valence-corrected chi connectivity index (χ4v) is 1.80. The Morgan fingerprint density at radius 2 is 2.53 bits per heavy atom. The summed E-state index contributed by atoms with van der Waals surface area (Å²) in [5.74, 6) is -0.0956. The van der Waals surface area contributed by atoms with E-state index in [0.29, 0.717) is 5.69 Å². The second-order valence-corrected chi connectivity index (χ2v) is 4.32. The van der Waals surface area contributed by atoms with E-state index in [1.165, 1.54) is 0 Å². The van der Waals surface area contributed by atoms with Crippen LogP contribution in [0.15, 0.2) is 12.3 Å². The Kier molecular flexibility index (Phi) is 2.48. The van der Waals surface area contributed by atoms with E-state index in [2.05, 4.69) is 15.7 Å². The van der Waals surface area contributed by atoms with Crippen LogP contribution in [0.25, 0.3) is 0 Å². The second-order valence-electron chi connectivity index (χ2n) is 4.32. The Morgan fingerprint density at radius 1 is 1.73 bits per heavy atom. The van der Waals surface area contributed by atoms with Crippen LogP contribution in [0.2, 0.25) is 0 Å². The molecule has 1 amide bonds. The van der Waals surface area contributed by atoms with Gasteiger partial charge in [0.05, 0.1) is 5.54 Å². The normalized spacial score (nSPS) is 25.5. The van der Waals surface area contributed by atoms with Crippen molar-refractivity contribution < 1.29 is 4.79 Å². The van der Waals surface area contributed by atoms with Gasteiger partial charge in [-0.1, -0.05) is 0 Å². The monoisotopic (exact) mass is 208 g/mol. The summed E-state index contributed by atoms with van der Waals surface area (Å²) in [6, 6.07) is 1.72. The molecule has 0 radical (unpaired) electrons. The van der Waals surface area contributed by atoms with E-state index in [1.807, 2.05) is 6.92 Å². The molecule has 0 spiro atoms. The molecule has 5 heteroatoms. The van der Waals surface area contributed by atoms with Gasteiger partial charge in [0.15, 0.2) is 0 Å². The number of hydrogen-bond donors (Lipinski definition) is 2. The summed E-state index contributed by atoms with van der Waals surface area (Å²) in [6.07, 6.45) is 2.73. The van der Waals surface area contributed by atoms with Crippen molar-refractivity contribution in [2.45, 2.75) is 18.9 Å². The summed E-state index contributed by atoms with van der Waals surface area (Å²) in [7, 11) is 1.80. The number of aryl methyl sites for hydroxylation is 1. The Hall–Kier alpha value is -1.36. The number of aromatic nitrogens is 2. The van der Waals surface area contributed by atoms with Crippen molar-refractivity contribution in [3.8, 4) is 0 Å². The van der Waals surface area contributed by atoms with Crippen molar-refractivity contribution in [1.82, 2.24) is 20.4 Å². The summed E-state index contributed by atoms with van der Waals surface area (Å²) in [4.78, 5) is 11.8. The molecular formula is C10H16N4O. The molecule has 1 saturated heterocycles. The Morgan fingerprint density at radius 3 is 3.07 bits per heavy atom. The first-order chi connectivity index (χ1) is 7.09. The highest BCUT2D eigenvalue weighted by Gasteiger charge is 2.30. The highest BCUT2D eigenvalue weighted by Crippen LogP contribution is 2.13. The lowest BCUT2D eigenvalue weighted by atomic mass is 10.0. The molecular weight excluding hydrogens is 192 g/mol. The summed E-state index contributed by atoms with van der Waals surface area (Å²) in [5.41, 5.74) is 0.347. The first-order valence-electron chi connectivity index (χ1n) is 5.12. The molecule has 1 aliphatic heterocycles. The first kappa shape index (κ1) is 10.2. The molecule has 0 aliphatic carbocycles. The third-order valence-corrected chi connectivity index (χ3v) is 2.73. The van der Waals surface area contributed by atoms with Crippen molar-refractivity contribution in [1.29, 1.82) is 0 Å². The number of amides is 1. The van der Waals surface area contributed by atoms with Crippen molar-refractivity contribution >= 4 is 5.91 Å². The average molecular weight is 208 g/mol. The maximum Gasteiger partial charge on any atom is 0.272 e. The lowest BCUT2D eigenvalue weighted by Gasteiger charge is -2.23. The molecule has 0 bridgehead atoms. The molecule has 1 unspecified atom stereocenters. The summed E-state index contributed by atoms with van der Waals surface area (Å²) in [6.45, 7) is 3.83. The van der Waals surface area contributed by atoms with E-state index in [4.69, 9.17) is 0 Å². The summed E-state index contributed by atoms with van der Waals surface area (Å²) in [5, 5.41) is 10.3. The maximum absolute atomic E-state index is 11.8. The van der Waals surface area contributed by atoms with Gasteiger partial charge in [-0.05, 0) is 26.0 Å². The predicted molar refractivity (Wildman–Crippen MR) is 56.6 cm³/mol. The molecule has 2 heterocycles. The molecule has 2 N–H and O–H groups in total. The third-order valence-electron chi connectivity index (χ3n) is 2.73. The number of rotatable bonds is 2. The Balaban J connectivity index is 2.03. The molecule has 82 valence electrons. The van der Waals surface area contributed by atoms with Crippen LogP contribution >= 0.6 is 0 Å². The number of nitrogens with one attached hydrogen (secondary N) is 2. The lowest BCUT2D eigenvalue weighted by molar-refractivity contribution is 0.0907. The van der Waals surface area contributed by atoms with Gasteiger partial charge < -0.3 is 10.6 Å². The first-order valence-corrected chi connectivity index (χ1v) is 5.12. The maximum atomic E-state index is 11.8. The zero-order valence-corrected chi connectivity index (χ0v) is 9.08. The van der Waals surface area contributed by atoms with E-state index in [-0.39, 0.29) is 11.4 Å². The molecule has 5 nitrogen and oxygen atoms in total. The Bertz CT molecular complexity index is 365. The highest BCUT2D eigenvalue weighted by atomic mass is 16.2. The van der Waals surface area contributed by atoms with Gasteiger partial charge in [-0.2, -0.15) is 5.10 Å². The molecule has 1 fully saturated rings. The van der Waals surface area contributed by atoms with E-state index in [0.717, 1.165) is 19.5 Å². The fourth-order valence-electron chi connectivity index (χ4n) is 1.80. The fraction of sp³-hybridized carbons (Fsp3) is 0.600. The van der Waals surface area contributed by atoms with Gasteiger partial charge in [0.1, 0.15) is 5.69 Å². The van der Waals surface area contributed by atoms with Crippen LogP contribution < -0.4 is 10.6 Å². The topological polar surface area (TPSA) is 59.0 Å². The molecule has 1 aliphatic rings. The van der Waals surface area contributed by atoms with Gasteiger partial charge in [0, 0.05) is 19.8 Å². The summed E-state index contributed by atoms with van der Waals surface area (Å²) >= 11 is 0. The minimum absolute atomic E-state index is 0.0956. The number of hydrogen-bond acceptors (Lipinski definition) is 3. The van der Waals surface area contributed by atoms with Gasteiger partial charge in [-0.25, -0.2) is 0 Å².